The van der Waals surface area contributed by atoms with Gasteiger partial charge in [0.05, 0.1) is 11.2 Å². The summed E-state index contributed by atoms with van der Waals surface area (Å²) in [5.74, 6) is 2.13. The van der Waals surface area contributed by atoms with Crippen LogP contribution in [0.3, 0.4) is 0 Å². The van der Waals surface area contributed by atoms with Gasteiger partial charge in [0.25, 0.3) is 0 Å². The van der Waals surface area contributed by atoms with E-state index in [1.165, 1.54) is 5.56 Å². The van der Waals surface area contributed by atoms with Crippen molar-refractivity contribution in [2.75, 3.05) is 6.54 Å². The van der Waals surface area contributed by atoms with Gasteiger partial charge in [-0.1, -0.05) is 37.6 Å². The molecule has 21 heavy (non-hydrogen) atoms. The average Bonchev–Trinajstić information content (AvgIpc) is 2.41. The van der Waals surface area contributed by atoms with Gasteiger partial charge in [0.1, 0.15) is 11.5 Å². The van der Waals surface area contributed by atoms with Crippen LogP contribution in [-0.4, -0.2) is 11.5 Å². The van der Waals surface area contributed by atoms with E-state index >= 15 is 0 Å². The van der Waals surface area contributed by atoms with E-state index in [9.17, 15) is 0 Å². The van der Waals surface area contributed by atoms with Crippen LogP contribution in [0.15, 0.2) is 36.7 Å². The minimum atomic E-state index is 0.569. The second-order valence-electron chi connectivity index (χ2n) is 5.57. The van der Waals surface area contributed by atoms with E-state index in [1.54, 1.807) is 18.5 Å². The van der Waals surface area contributed by atoms with Gasteiger partial charge in [0.15, 0.2) is 0 Å². The Bertz CT molecular complexity index is 599. The fourth-order valence-electron chi connectivity index (χ4n) is 2.02. The number of nitrogens with zero attached hydrogens (tertiary/aromatic N) is 1. The fourth-order valence-corrected chi connectivity index (χ4v) is 2.18. The van der Waals surface area contributed by atoms with E-state index in [0.29, 0.717) is 16.7 Å². The van der Waals surface area contributed by atoms with E-state index in [0.717, 1.165) is 24.4 Å². The van der Waals surface area contributed by atoms with Crippen LogP contribution in [0.1, 0.15) is 25.0 Å². The molecule has 0 aliphatic heterocycles. The maximum absolute atomic E-state index is 5.91. The molecule has 112 valence electrons. The SMILES string of the molecule is Cc1cc(CNCC(C)C)ccc1Oc1cncc(Cl)c1. The normalized spacial score (nSPS) is 10.9. The molecule has 3 nitrogen and oxygen atoms in total. The number of halogens is 1. The molecule has 0 fully saturated rings. The van der Waals surface area contributed by atoms with Gasteiger partial charge in [-0.2, -0.15) is 0 Å². The minimum absolute atomic E-state index is 0.569. The third kappa shape index (κ3) is 5.03. The number of benzene rings is 1. The van der Waals surface area contributed by atoms with Crippen LogP contribution >= 0.6 is 11.6 Å². The summed E-state index contributed by atoms with van der Waals surface area (Å²) in [7, 11) is 0. The molecule has 0 amide bonds. The van der Waals surface area contributed by atoms with Crippen LogP contribution < -0.4 is 10.1 Å². The van der Waals surface area contributed by atoms with E-state index in [4.69, 9.17) is 16.3 Å². The lowest BCUT2D eigenvalue weighted by Gasteiger charge is -2.11. The molecule has 0 atom stereocenters. The molecule has 4 heteroatoms. The summed E-state index contributed by atoms with van der Waals surface area (Å²) in [5.41, 5.74) is 2.35. The first kappa shape index (κ1) is 15.8. The van der Waals surface area contributed by atoms with E-state index in [-0.39, 0.29) is 0 Å². The molecular formula is C17H21ClN2O. The lowest BCUT2D eigenvalue weighted by molar-refractivity contribution is 0.476. The molecule has 1 N–H and O–H groups in total. The Morgan fingerprint density at radius 1 is 1.24 bits per heavy atom. The summed E-state index contributed by atoms with van der Waals surface area (Å²) in [6, 6.07) is 7.96. The van der Waals surface area contributed by atoms with Crippen molar-refractivity contribution in [2.45, 2.75) is 27.3 Å². The summed E-state index contributed by atoms with van der Waals surface area (Å²) in [6.45, 7) is 8.34. The van der Waals surface area contributed by atoms with Crippen LogP contribution in [0.4, 0.5) is 0 Å². The highest BCUT2D eigenvalue weighted by atomic mass is 35.5. The van der Waals surface area contributed by atoms with Crippen LogP contribution in [0.25, 0.3) is 0 Å². The van der Waals surface area contributed by atoms with Gasteiger partial charge in [0.2, 0.25) is 0 Å². The van der Waals surface area contributed by atoms with Crippen molar-refractivity contribution in [1.82, 2.24) is 10.3 Å². The van der Waals surface area contributed by atoms with Gasteiger partial charge in [-0.05, 0) is 36.6 Å². The molecule has 1 aromatic heterocycles. The first-order chi connectivity index (χ1) is 10.0. The molecule has 0 aliphatic carbocycles. The number of aromatic nitrogens is 1. The number of aryl methyl sites for hydroxylation is 1. The topological polar surface area (TPSA) is 34.1 Å². The van der Waals surface area contributed by atoms with Gasteiger partial charge >= 0.3 is 0 Å². The Balaban J connectivity index is 2.02. The largest absolute Gasteiger partial charge is 0.455 e. The Morgan fingerprint density at radius 2 is 2.05 bits per heavy atom. The smallest absolute Gasteiger partial charge is 0.147 e. The predicted molar refractivity (Wildman–Crippen MR) is 87.0 cm³/mol. The zero-order chi connectivity index (χ0) is 15.2. The van der Waals surface area contributed by atoms with Gasteiger partial charge in [-0.15, -0.1) is 0 Å². The van der Waals surface area contributed by atoms with E-state index in [1.807, 2.05) is 13.0 Å². The molecule has 2 rings (SSSR count). The molecule has 2 aromatic rings. The van der Waals surface area contributed by atoms with Crippen molar-refractivity contribution in [3.63, 3.8) is 0 Å². The van der Waals surface area contributed by atoms with E-state index < -0.39 is 0 Å². The molecular weight excluding hydrogens is 284 g/mol. The maximum atomic E-state index is 5.91. The van der Waals surface area contributed by atoms with Gasteiger partial charge in [-0.25, -0.2) is 0 Å². The van der Waals surface area contributed by atoms with Crippen LogP contribution in [0.5, 0.6) is 11.5 Å². The van der Waals surface area contributed by atoms with Crippen molar-refractivity contribution >= 4 is 11.6 Å². The van der Waals surface area contributed by atoms with Crippen molar-refractivity contribution in [3.8, 4) is 11.5 Å². The lowest BCUT2D eigenvalue weighted by Crippen LogP contribution is -2.18. The van der Waals surface area contributed by atoms with Gasteiger partial charge in [-0.3, -0.25) is 4.98 Å². The van der Waals surface area contributed by atoms with Gasteiger partial charge in [0, 0.05) is 18.8 Å². The number of pyridine rings is 1. The third-order valence-corrected chi connectivity index (χ3v) is 3.24. The van der Waals surface area contributed by atoms with Crippen molar-refractivity contribution in [1.29, 1.82) is 0 Å². The zero-order valence-corrected chi connectivity index (χ0v) is 13.4. The van der Waals surface area contributed by atoms with Crippen LogP contribution in [0, 0.1) is 12.8 Å². The molecule has 0 saturated heterocycles. The Hall–Kier alpha value is -1.58. The molecule has 1 aromatic carbocycles. The molecule has 0 spiro atoms. The molecule has 0 radical (unpaired) electrons. The fraction of sp³-hybridized carbons (Fsp3) is 0.353. The standard InChI is InChI=1S/C17H21ClN2O/c1-12(2)8-19-9-14-4-5-17(13(3)6-14)21-16-7-15(18)10-20-11-16/h4-7,10-12,19H,8-9H2,1-3H3. The Labute approximate surface area is 131 Å². The van der Waals surface area contributed by atoms with E-state index in [2.05, 4.69) is 36.3 Å². The van der Waals surface area contributed by atoms with Gasteiger partial charge < -0.3 is 10.1 Å². The lowest BCUT2D eigenvalue weighted by atomic mass is 10.1. The first-order valence-electron chi connectivity index (χ1n) is 7.13. The second-order valence-corrected chi connectivity index (χ2v) is 6.00. The molecule has 1 heterocycles. The zero-order valence-electron chi connectivity index (χ0n) is 12.7. The van der Waals surface area contributed by atoms with Crippen molar-refractivity contribution in [2.24, 2.45) is 5.92 Å². The highest BCUT2D eigenvalue weighted by Gasteiger charge is 2.04. The summed E-state index contributed by atoms with van der Waals surface area (Å²) in [4.78, 5) is 4.02. The number of ether oxygens (including phenoxy) is 1. The quantitative estimate of drug-likeness (QED) is 0.848. The molecule has 0 saturated carbocycles. The Kier molecular flexibility index (Phi) is 5.59. The number of rotatable bonds is 6. The summed E-state index contributed by atoms with van der Waals surface area (Å²) < 4.78 is 5.82. The highest BCUT2D eigenvalue weighted by molar-refractivity contribution is 6.30. The monoisotopic (exact) mass is 304 g/mol. The van der Waals surface area contributed by atoms with Crippen LogP contribution in [0.2, 0.25) is 5.02 Å². The number of hydrogen-bond donors (Lipinski definition) is 1. The second kappa shape index (κ2) is 7.43. The Morgan fingerprint density at radius 3 is 2.71 bits per heavy atom. The summed E-state index contributed by atoms with van der Waals surface area (Å²) in [6.07, 6.45) is 3.24. The number of nitrogens with one attached hydrogen (secondary N) is 1. The summed E-state index contributed by atoms with van der Waals surface area (Å²) >= 11 is 5.91. The third-order valence-electron chi connectivity index (χ3n) is 3.03. The highest BCUT2D eigenvalue weighted by Crippen LogP contribution is 2.26. The van der Waals surface area contributed by atoms with Crippen LogP contribution in [-0.2, 0) is 6.54 Å². The van der Waals surface area contributed by atoms with Crippen molar-refractivity contribution in [3.05, 3.63) is 52.8 Å². The summed E-state index contributed by atoms with van der Waals surface area (Å²) in [5, 5.41) is 4.01. The first-order valence-corrected chi connectivity index (χ1v) is 7.51. The minimum Gasteiger partial charge on any atom is -0.455 e. The van der Waals surface area contributed by atoms with Crippen molar-refractivity contribution < 1.29 is 4.74 Å². The number of hydrogen-bond acceptors (Lipinski definition) is 3. The molecule has 0 aliphatic rings. The maximum Gasteiger partial charge on any atom is 0.147 e. The average molecular weight is 305 g/mol. The predicted octanol–water partition coefficient (Wildman–Crippen LogP) is 4.58. The molecule has 0 bridgehead atoms. The molecule has 0 unspecified atom stereocenters.